The summed E-state index contributed by atoms with van der Waals surface area (Å²) in [7, 11) is 0. The predicted molar refractivity (Wildman–Crippen MR) is 78.0 cm³/mol. The highest BCUT2D eigenvalue weighted by atomic mass is 79.9. The zero-order valence-corrected chi connectivity index (χ0v) is 12.9. The smallest absolute Gasteiger partial charge is 0.305 e. The van der Waals surface area contributed by atoms with Gasteiger partial charge in [0.25, 0.3) is 0 Å². The van der Waals surface area contributed by atoms with Crippen molar-refractivity contribution < 1.29 is 14.6 Å². The highest BCUT2D eigenvalue weighted by molar-refractivity contribution is 9.09. The summed E-state index contributed by atoms with van der Waals surface area (Å²) in [6.45, 7) is 0.0497. The fraction of sp³-hybridized carbons (Fsp3) is 0.929. The number of unbranched alkanes of at least 4 members (excludes halogenated alkanes) is 8. The van der Waals surface area contributed by atoms with E-state index in [9.17, 15) is 4.79 Å². The summed E-state index contributed by atoms with van der Waals surface area (Å²) in [5.41, 5.74) is 0. The lowest BCUT2D eigenvalue weighted by Gasteiger charge is -2.03. The summed E-state index contributed by atoms with van der Waals surface area (Å²) < 4.78 is 4.78. The van der Waals surface area contributed by atoms with E-state index in [1.165, 1.54) is 44.9 Å². The lowest BCUT2D eigenvalue weighted by Crippen LogP contribution is -2.07. The van der Waals surface area contributed by atoms with Gasteiger partial charge in [0.15, 0.2) is 0 Å². The summed E-state index contributed by atoms with van der Waals surface area (Å²) >= 11 is 3.44. The van der Waals surface area contributed by atoms with Crippen molar-refractivity contribution in [3.05, 3.63) is 0 Å². The summed E-state index contributed by atoms with van der Waals surface area (Å²) in [5, 5.41) is 9.61. The first-order chi connectivity index (χ1) is 8.81. The van der Waals surface area contributed by atoms with Gasteiger partial charge in [-0.05, 0) is 12.8 Å². The van der Waals surface area contributed by atoms with Crippen LogP contribution in [-0.2, 0) is 9.53 Å². The van der Waals surface area contributed by atoms with Crippen molar-refractivity contribution in [2.75, 3.05) is 18.5 Å². The Kier molecular flexibility index (Phi) is 14.9. The Morgan fingerprint density at radius 3 is 1.89 bits per heavy atom. The number of carbonyl (C=O) groups is 1. The number of alkyl halides is 1. The minimum absolute atomic E-state index is 0.0825. The Morgan fingerprint density at radius 1 is 0.889 bits per heavy atom. The summed E-state index contributed by atoms with van der Waals surface area (Å²) in [6.07, 6.45) is 11.6. The highest BCUT2D eigenvalue weighted by Crippen LogP contribution is 2.11. The standard InChI is InChI=1S/C14H27BrO3/c15-11-9-7-5-3-1-2-4-6-8-10-14(17)18-13-12-16/h16H,1-13H2. The van der Waals surface area contributed by atoms with Crippen LogP contribution in [0.4, 0.5) is 0 Å². The Bertz CT molecular complexity index is 186. The fourth-order valence-corrected chi connectivity index (χ4v) is 2.23. The lowest BCUT2D eigenvalue weighted by molar-refractivity contribution is -0.144. The second kappa shape index (κ2) is 15.0. The topological polar surface area (TPSA) is 46.5 Å². The monoisotopic (exact) mass is 322 g/mol. The van der Waals surface area contributed by atoms with E-state index in [4.69, 9.17) is 9.84 Å². The van der Waals surface area contributed by atoms with E-state index < -0.39 is 0 Å². The molecule has 0 aromatic carbocycles. The molecule has 0 unspecified atom stereocenters. The van der Waals surface area contributed by atoms with Crippen LogP contribution in [-0.4, -0.2) is 29.6 Å². The molecule has 3 nitrogen and oxygen atoms in total. The van der Waals surface area contributed by atoms with E-state index in [0.29, 0.717) is 6.42 Å². The van der Waals surface area contributed by atoms with Gasteiger partial charge in [0.05, 0.1) is 6.61 Å². The third-order valence-electron chi connectivity index (χ3n) is 2.87. The number of ether oxygens (including phenoxy) is 1. The molecule has 0 saturated heterocycles. The minimum Gasteiger partial charge on any atom is -0.463 e. The van der Waals surface area contributed by atoms with Gasteiger partial charge < -0.3 is 9.84 Å². The number of aliphatic hydroxyl groups excluding tert-OH is 1. The Labute approximate surface area is 119 Å². The van der Waals surface area contributed by atoms with Gasteiger partial charge in [0.1, 0.15) is 6.61 Å². The molecular weight excluding hydrogens is 296 g/mol. The van der Waals surface area contributed by atoms with Crippen LogP contribution in [0.25, 0.3) is 0 Å². The molecule has 0 aliphatic carbocycles. The summed E-state index contributed by atoms with van der Waals surface area (Å²) in [5.74, 6) is -0.182. The molecule has 0 aliphatic rings. The molecule has 0 aromatic heterocycles. The largest absolute Gasteiger partial charge is 0.463 e. The Hall–Kier alpha value is -0.0900. The number of rotatable bonds is 13. The van der Waals surface area contributed by atoms with E-state index in [1.807, 2.05) is 0 Å². The Balaban J connectivity index is 3.04. The zero-order valence-electron chi connectivity index (χ0n) is 11.3. The van der Waals surface area contributed by atoms with Crippen molar-refractivity contribution in [2.45, 2.75) is 64.2 Å². The number of carbonyl (C=O) groups excluding carboxylic acids is 1. The first-order valence-electron chi connectivity index (χ1n) is 7.13. The van der Waals surface area contributed by atoms with Gasteiger partial charge in [-0.15, -0.1) is 0 Å². The maximum absolute atomic E-state index is 11.1. The fourth-order valence-electron chi connectivity index (χ4n) is 1.83. The molecule has 0 radical (unpaired) electrons. The molecule has 18 heavy (non-hydrogen) atoms. The van der Waals surface area contributed by atoms with Gasteiger partial charge in [0, 0.05) is 11.8 Å². The first-order valence-corrected chi connectivity index (χ1v) is 8.26. The zero-order chi connectivity index (χ0) is 13.5. The normalized spacial score (nSPS) is 10.6. The van der Waals surface area contributed by atoms with E-state index in [2.05, 4.69) is 15.9 Å². The van der Waals surface area contributed by atoms with Crippen molar-refractivity contribution in [1.82, 2.24) is 0 Å². The summed E-state index contributed by atoms with van der Waals surface area (Å²) in [6, 6.07) is 0. The van der Waals surface area contributed by atoms with Gasteiger partial charge in [0.2, 0.25) is 0 Å². The van der Waals surface area contributed by atoms with E-state index in [0.717, 1.165) is 18.2 Å². The van der Waals surface area contributed by atoms with Gasteiger partial charge in [-0.2, -0.15) is 0 Å². The summed E-state index contributed by atoms with van der Waals surface area (Å²) in [4.78, 5) is 11.1. The second-order valence-corrected chi connectivity index (χ2v) is 5.36. The van der Waals surface area contributed by atoms with E-state index in [-0.39, 0.29) is 19.2 Å². The van der Waals surface area contributed by atoms with Crippen LogP contribution >= 0.6 is 15.9 Å². The molecule has 4 heteroatoms. The molecule has 0 fully saturated rings. The van der Waals surface area contributed by atoms with Gasteiger partial charge in [-0.3, -0.25) is 4.79 Å². The average molecular weight is 323 g/mol. The van der Waals surface area contributed by atoms with Gasteiger partial charge in [-0.25, -0.2) is 0 Å². The molecule has 0 heterocycles. The average Bonchev–Trinajstić information content (AvgIpc) is 2.38. The lowest BCUT2D eigenvalue weighted by atomic mass is 10.1. The molecule has 0 atom stereocenters. The van der Waals surface area contributed by atoms with E-state index in [1.54, 1.807) is 0 Å². The Morgan fingerprint density at radius 2 is 1.39 bits per heavy atom. The van der Waals surface area contributed by atoms with Crippen LogP contribution < -0.4 is 0 Å². The number of hydrogen-bond donors (Lipinski definition) is 1. The minimum atomic E-state index is -0.182. The van der Waals surface area contributed by atoms with Crippen LogP contribution in [0, 0.1) is 0 Å². The maximum Gasteiger partial charge on any atom is 0.305 e. The van der Waals surface area contributed by atoms with Gasteiger partial charge in [-0.1, -0.05) is 60.9 Å². The van der Waals surface area contributed by atoms with E-state index >= 15 is 0 Å². The van der Waals surface area contributed by atoms with Crippen LogP contribution in [0.3, 0.4) is 0 Å². The number of esters is 1. The molecule has 0 bridgehead atoms. The quantitative estimate of drug-likeness (QED) is 0.318. The maximum atomic E-state index is 11.1. The van der Waals surface area contributed by atoms with Crippen molar-refractivity contribution in [3.63, 3.8) is 0 Å². The molecule has 0 saturated carbocycles. The molecule has 0 spiro atoms. The van der Waals surface area contributed by atoms with Crippen molar-refractivity contribution >= 4 is 21.9 Å². The number of hydrogen-bond acceptors (Lipinski definition) is 3. The predicted octanol–water partition coefficient (Wildman–Crippen LogP) is 3.82. The molecule has 1 N–H and O–H groups in total. The molecule has 0 aliphatic heterocycles. The van der Waals surface area contributed by atoms with Crippen LogP contribution in [0.1, 0.15) is 64.2 Å². The van der Waals surface area contributed by atoms with Crippen molar-refractivity contribution in [2.24, 2.45) is 0 Å². The van der Waals surface area contributed by atoms with Crippen LogP contribution in [0.15, 0.2) is 0 Å². The molecule has 108 valence electrons. The molecular formula is C14H27BrO3. The van der Waals surface area contributed by atoms with Crippen molar-refractivity contribution in [1.29, 1.82) is 0 Å². The van der Waals surface area contributed by atoms with Gasteiger partial charge >= 0.3 is 5.97 Å². The SMILES string of the molecule is O=C(CCCCCCCCCCCBr)OCCO. The molecule has 0 rings (SSSR count). The third kappa shape index (κ3) is 14.0. The number of aliphatic hydroxyl groups is 1. The van der Waals surface area contributed by atoms with Crippen LogP contribution in [0.2, 0.25) is 0 Å². The molecule has 0 aromatic rings. The highest BCUT2D eigenvalue weighted by Gasteiger charge is 2.01. The third-order valence-corrected chi connectivity index (χ3v) is 3.43. The first kappa shape index (κ1) is 17.9. The van der Waals surface area contributed by atoms with Crippen molar-refractivity contribution in [3.8, 4) is 0 Å². The van der Waals surface area contributed by atoms with Crippen LogP contribution in [0.5, 0.6) is 0 Å². The second-order valence-electron chi connectivity index (χ2n) is 4.57. The molecule has 0 amide bonds. The number of halogens is 1.